The zero-order chi connectivity index (χ0) is 19.9. The van der Waals surface area contributed by atoms with E-state index in [0.29, 0.717) is 10.9 Å². The summed E-state index contributed by atoms with van der Waals surface area (Å²) in [7, 11) is 0. The summed E-state index contributed by atoms with van der Waals surface area (Å²) in [6.45, 7) is 0.131. The quantitative estimate of drug-likeness (QED) is 0.627. The van der Waals surface area contributed by atoms with Crippen molar-refractivity contribution < 1.29 is 14.0 Å². The number of amidine groups is 1. The normalized spacial score (nSPS) is 14.7. The molecule has 0 radical (unpaired) electrons. The molecule has 0 atom stereocenters. The van der Waals surface area contributed by atoms with Gasteiger partial charge in [-0.1, -0.05) is 48.0 Å². The Kier molecular flexibility index (Phi) is 6.25. The van der Waals surface area contributed by atoms with Crippen molar-refractivity contribution in [3.63, 3.8) is 0 Å². The van der Waals surface area contributed by atoms with Gasteiger partial charge in [0.2, 0.25) is 5.91 Å². The fourth-order valence-corrected chi connectivity index (χ4v) is 3.29. The highest BCUT2D eigenvalue weighted by molar-refractivity contribution is 8.14. The van der Waals surface area contributed by atoms with E-state index < -0.39 is 5.82 Å². The Morgan fingerprint density at radius 1 is 1.21 bits per heavy atom. The number of terminal acetylenes is 1. The third kappa shape index (κ3) is 4.67. The number of carbonyl (C=O) groups excluding carboxylic acids is 2. The zero-order valence-electron chi connectivity index (χ0n) is 14.8. The topological polar surface area (TPSA) is 61.8 Å². The van der Waals surface area contributed by atoms with Crippen LogP contribution in [-0.2, 0) is 9.59 Å². The van der Waals surface area contributed by atoms with Crippen LogP contribution >= 0.6 is 11.8 Å². The number of anilines is 1. The molecule has 0 saturated carbocycles. The second kappa shape index (κ2) is 9.02. The number of nitrogens with zero attached hydrogens (tertiary/aromatic N) is 2. The van der Waals surface area contributed by atoms with Crippen molar-refractivity contribution in [3.8, 4) is 12.3 Å². The fraction of sp³-hybridized carbons (Fsp3) is 0.0952. The predicted molar refractivity (Wildman–Crippen MR) is 110 cm³/mol. The second-order valence-electron chi connectivity index (χ2n) is 5.72. The molecular weight excluding hydrogens is 377 g/mol. The van der Waals surface area contributed by atoms with Gasteiger partial charge in [0.15, 0.2) is 5.17 Å². The largest absolute Gasteiger partial charge is 0.344 e. The number of rotatable bonds is 5. The van der Waals surface area contributed by atoms with Crippen LogP contribution in [0.1, 0.15) is 5.56 Å². The molecule has 0 saturated heterocycles. The summed E-state index contributed by atoms with van der Waals surface area (Å²) in [5.41, 5.74) is 1.53. The molecule has 5 nitrogen and oxygen atoms in total. The van der Waals surface area contributed by atoms with E-state index in [1.165, 1.54) is 29.2 Å². The van der Waals surface area contributed by atoms with Gasteiger partial charge in [-0.15, -0.1) is 6.42 Å². The average molecular weight is 393 g/mol. The smallest absolute Gasteiger partial charge is 0.283 e. The number of hydrogen-bond donors (Lipinski definition) is 1. The Balaban J connectivity index is 1.88. The molecular formula is C21H16FN3O2S. The van der Waals surface area contributed by atoms with Crippen LogP contribution in [-0.4, -0.2) is 29.3 Å². The molecule has 1 N–H and O–H groups in total. The van der Waals surface area contributed by atoms with Gasteiger partial charge in [-0.3, -0.25) is 14.5 Å². The van der Waals surface area contributed by atoms with Crippen LogP contribution in [0, 0.1) is 18.2 Å². The lowest BCUT2D eigenvalue weighted by Crippen LogP contribution is -2.32. The molecule has 140 valence electrons. The monoisotopic (exact) mass is 393 g/mol. The maximum absolute atomic E-state index is 13.3. The van der Waals surface area contributed by atoms with E-state index in [4.69, 9.17) is 6.42 Å². The Morgan fingerprint density at radius 2 is 1.93 bits per heavy atom. The van der Waals surface area contributed by atoms with Crippen LogP contribution in [0.4, 0.5) is 10.1 Å². The summed E-state index contributed by atoms with van der Waals surface area (Å²) in [5.74, 6) is 1.35. The first-order chi connectivity index (χ1) is 13.6. The van der Waals surface area contributed by atoms with Gasteiger partial charge in [0.1, 0.15) is 11.5 Å². The van der Waals surface area contributed by atoms with Crippen LogP contribution in [0.2, 0.25) is 0 Å². The predicted octanol–water partition coefficient (Wildman–Crippen LogP) is 3.05. The summed E-state index contributed by atoms with van der Waals surface area (Å²) in [5, 5.41) is 2.90. The Labute approximate surface area is 166 Å². The van der Waals surface area contributed by atoms with E-state index in [2.05, 4.69) is 16.2 Å². The first-order valence-corrected chi connectivity index (χ1v) is 9.35. The van der Waals surface area contributed by atoms with Crippen LogP contribution in [0.5, 0.6) is 0 Å². The van der Waals surface area contributed by atoms with Gasteiger partial charge >= 0.3 is 0 Å². The number of hydrogen-bond acceptors (Lipinski definition) is 4. The molecule has 0 bridgehead atoms. The second-order valence-corrected chi connectivity index (χ2v) is 6.66. The van der Waals surface area contributed by atoms with Gasteiger partial charge in [0.05, 0.1) is 18.0 Å². The summed E-state index contributed by atoms with van der Waals surface area (Å²) < 4.78 is 13.3. The first-order valence-electron chi connectivity index (χ1n) is 8.37. The van der Waals surface area contributed by atoms with Gasteiger partial charge in [-0.2, -0.15) is 0 Å². The Hall–Kier alpha value is -3.37. The summed E-state index contributed by atoms with van der Waals surface area (Å²) in [4.78, 5) is 30.5. The molecule has 1 aliphatic heterocycles. The van der Waals surface area contributed by atoms with Crippen LogP contribution < -0.4 is 10.2 Å². The van der Waals surface area contributed by atoms with E-state index >= 15 is 0 Å². The third-order valence-electron chi connectivity index (χ3n) is 3.74. The minimum absolute atomic E-state index is 0.0457. The number of nitrogens with one attached hydrogen (secondary N) is 1. The number of aliphatic imine (C=N–C) groups is 1. The minimum Gasteiger partial charge on any atom is -0.344 e. The maximum Gasteiger partial charge on any atom is 0.283 e. The Bertz CT molecular complexity index is 979. The molecule has 2 amide bonds. The average Bonchev–Trinajstić information content (AvgIpc) is 3.01. The van der Waals surface area contributed by atoms with Gasteiger partial charge in [0.25, 0.3) is 5.91 Å². The fourth-order valence-electron chi connectivity index (χ4n) is 2.45. The van der Waals surface area contributed by atoms with E-state index in [1.54, 1.807) is 6.08 Å². The van der Waals surface area contributed by atoms with Crippen molar-refractivity contribution in [2.45, 2.75) is 0 Å². The highest BCUT2D eigenvalue weighted by Crippen LogP contribution is 2.29. The van der Waals surface area contributed by atoms with Crippen molar-refractivity contribution in [2.24, 2.45) is 4.99 Å². The lowest BCUT2D eigenvalue weighted by atomic mass is 10.2. The molecule has 1 heterocycles. The molecule has 0 fully saturated rings. The van der Waals surface area contributed by atoms with Gasteiger partial charge in [0, 0.05) is 0 Å². The van der Waals surface area contributed by atoms with Crippen molar-refractivity contribution >= 4 is 40.5 Å². The summed E-state index contributed by atoms with van der Waals surface area (Å²) in [6.07, 6.45) is 6.80. The van der Waals surface area contributed by atoms with Crippen molar-refractivity contribution in [1.29, 1.82) is 0 Å². The SMILES string of the molecule is C#CCNC(=O)CSC1=N/C(=C/c2ccccc2)C(=O)N1c1ccc(F)cc1. The molecule has 3 rings (SSSR count). The molecule has 0 aromatic heterocycles. The van der Waals surface area contributed by atoms with Crippen LogP contribution in [0.15, 0.2) is 65.3 Å². The molecule has 7 heteroatoms. The number of halogens is 1. The van der Waals surface area contributed by atoms with E-state index in [0.717, 1.165) is 17.3 Å². The lowest BCUT2D eigenvalue weighted by molar-refractivity contribution is -0.118. The number of carbonyl (C=O) groups is 2. The minimum atomic E-state index is -0.407. The summed E-state index contributed by atoms with van der Waals surface area (Å²) in [6, 6.07) is 14.8. The van der Waals surface area contributed by atoms with Crippen molar-refractivity contribution in [2.75, 3.05) is 17.2 Å². The highest BCUT2D eigenvalue weighted by atomic mass is 32.2. The van der Waals surface area contributed by atoms with Crippen molar-refractivity contribution in [1.82, 2.24) is 5.32 Å². The molecule has 2 aromatic rings. The lowest BCUT2D eigenvalue weighted by Gasteiger charge is -2.17. The standard InChI is InChI=1S/C21H16FN3O2S/c1-2-12-23-19(26)14-28-21-24-18(13-15-6-4-3-5-7-15)20(27)25(21)17-10-8-16(22)9-11-17/h1,3-11,13H,12,14H2,(H,23,26)/b18-13+. The third-order valence-corrected chi connectivity index (χ3v) is 4.68. The Morgan fingerprint density at radius 3 is 2.61 bits per heavy atom. The van der Waals surface area contributed by atoms with E-state index in [-0.39, 0.29) is 29.8 Å². The zero-order valence-corrected chi connectivity index (χ0v) is 15.6. The number of benzene rings is 2. The van der Waals surface area contributed by atoms with E-state index in [1.807, 2.05) is 30.3 Å². The molecule has 0 aliphatic carbocycles. The van der Waals surface area contributed by atoms with Gasteiger partial charge < -0.3 is 5.32 Å². The van der Waals surface area contributed by atoms with E-state index in [9.17, 15) is 14.0 Å². The summed E-state index contributed by atoms with van der Waals surface area (Å²) >= 11 is 1.11. The molecule has 1 aliphatic rings. The number of amides is 2. The van der Waals surface area contributed by atoms with Gasteiger partial charge in [-0.25, -0.2) is 9.38 Å². The molecule has 0 spiro atoms. The first kappa shape index (κ1) is 19.4. The highest BCUT2D eigenvalue weighted by Gasteiger charge is 2.32. The van der Waals surface area contributed by atoms with Crippen LogP contribution in [0.3, 0.4) is 0 Å². The molecule has 0 unspecified atom stereocenters. The maximum atomic E-state index is 13.3. The van der Waals surface area contributed by atoms with Gasteiger partial charge in [-0.05, 0) is 35.9 Å². The molecule has 28 heavy (non-hydrogen) atoms. The van der Waals surface area contributed by atoms with Crippen molar-refractivity contribution in [3.05, 3.63) is 71.7 Å². The molecule has 2 aromatic carbocycles. The number of thioether (sulfide) groups is 1. The van der Waals surface area contributed by atoms with Crippen LogP contribution in [0.25, 0.3) is 6.08 Å².